The molecule has 2 aromatic carbocycles. The summed E-state index contributed by atoms with van der Waals surface area (Å²) in [4.78, 5) is 24.8. The highest BCUT2D eigenvalue weighted by atomic mass is 19.4. The third-order valence-corrected chi connectivity index (χ3v) is 6.15. The molecule has 0 radical (unpaired) electrons. The van der Waals surface area contributed by atoms with E-state index in [0.29, 0.717) is 52.5 Å². The van der Waals surface area contributed by atoms with Crippen LogP contribution in [-0.4, -0.2) is 28.3 Å². The molecule has 0 fully saturated rings. The summed E-state index contributed by atoms with van der Waals surface area (Å²) in [6.45, 7) is 4.20. The number of hydrogen-bond acceptors (Lipinski definition) is 5. The molecule has 0 saturated heterocycles. The Morgan fingerprint density at radius 1 is 1.03 bits per heavy atom. The van der Waals surface area contributed by atoms with Gasteiger partial charge in [-0.25, -0.2) is 9.48 Å². The summed E-state index contributed by atoms with van der Waals surface area (Å²) in [6.07, 6.45) is -2.61. The van der Waals surface area contributed by atoms with Gasteiger partial charge in [-0.05, 0) is 66.9 Å². The Morgan fingerprint density at radius 3 is 2.37 bits per heavy atom. The van der Waals surface area contributed by atoms with Crippen LogP contribution in [0.1, 0.15) is 51.6 Å². The monoisotopic (exact) mass is 523 g/mol. The SMILES string of the molecule is CC(C)COC(=O)c1ccc(NC(=O)c2ccc(-n3nc(C(F)(F)F)c4c3-c3ccoc3CC4)cc2)cc1. The van der Waals surface area contributed by atoms with E-state index in [4.69, 9.17) is 9.15 Å². The van der Waals surface area contributed by atoms with Crippen molar-refractivity contribution in [2.45, 2.75) is 32.9 Å². The van der Waals surface area contributed by atoms with Crippen molar-refractivity contribution in [1.82, 2.24) is 9.78 Å². The molecule has 1 amide bonds. The number of alkyl halides is 3. The molecule has 1 aliphatic carbocycles. The molecular weight excluding hydrogens is 499 g/mol. The van der Waals surface area contributed by atoms with E-state index >= 15 is 0 Å². The number of aryl methyl sites for hydroxylation is 1. The number of hydrogen-bond donors (Lipinski definition) is 1. The van der Waals surface area contributed by atoms with Gasteiger partial charge < -0.3 is 14.5 Å². The van der Waals surface area contributed by atoms with E-state index in [1.807, 2.05) is 13.8 Å². The standard InChI is InChI=1S/C28H24F3N3O4/c1-16(2)15-38-27(36)18-3-7-19(8-4-18)32-26(35)17-5-9-20(10-6-17)34-24-21-13-14-37-23(21)12-11-22(24)25(33-34)28(29,30)31/h3-10,13-14,16H,11-12,15H2,1-2H3,(H,32,35). The van der Waals surface area contributed by atoms with Gasteiger partial charge in [-0.15, -0.1) is 0 Å². The molecule has 7 nitrogen and oxygen atoms in total. The zero-order valence-corrected chi connectivity index (χ0v) is 20.6. The van der Waals surface area contributed by atoms with E-state index in [2.05, 4.69) is 10.4 Å². The molecule has 2 heterocycles. The molecule has 0 aliphatic heterocycles. The maximum Gasteiger partial charge on any atom is 0.435 e. The minimum Gasteiger partial charge on any atom is -0.469 e. The number of rotatable bonds is 6. The van der Waals surface area contributed by atoms with Crippen LogP contribution in [0.15, 0.2) is 65.3 Å². The fourth-order valence-electron chi connectivity index (χ4n) is 4.33. The fourth-order valence-corrected chi connectivity index (χ4v) is 4.33. The summed E-state index contributed by atoms with van der Waals surface area (Å²) < 4.78 is 53.1. The van der Waals surface area contributed by atoms with Crippen molar-refractivity contribution >= 4 is 17.6 Å². The Labute approximate surface area is 216 Å². The van der Waals surface area contributed by atoms with Crippen molar-refractivity contribution in [2.24, 2.45) is 5.92 Å². The molecule has 4 aromatic rings. The maximum absolute atomic E-state index is 13.7. The van der Waals surface area contributed by atoms with Crippen molar-refractivity contribution in [1.29, 1.82) is 0 Å². The lowest BCUT2D eigenvalue weighted by molar-refractivity contribution is -0.142. The van der Waals surface area contributed by atoms with E-state index in [1.54, 1.807) is 42.5 Å². The van der Waals surface area contributed by atoms with Gasteiger partial charge in [0, 0.05) is 28.8 Å². The van der Waals surface area contributed by atoms with Gasteiger partial charge in [-0.1, -0.05) is 13.8 Å². The summed E-state index contributed by atoms with van der Waals surface area (Å²) in [6, 6.07) is 14.1. The number of fused-ring (bicyclic) bond motifs is 3. The molecule has 196 valence electrons. The van der Waals surface area contributed by atoms with Crippen LogP contribution < -0.4 is 5.32 Å². The predicted molar refractivity (Wildman–Crippen MR) is 133 cm³/mol. The minimum absolute atomic E-state index is 0.129. The van der Waals surface area contributed by atoms with Gasteiger partial charge in [-0.2, -0.15) is 18.3 Å². The molecule has 0 atom stereocenters. The Balaban J connectivity index is 1.35. The minimum atomic E-state index is -4.60. The highest BCUT2D eigenvalue weighted by Crippen LogP contribution is 2.42. The van der Waals surface area contributed by atoms with Crippen LogP contribution in [-0.2, 0) is 23.8 Å². The van der Waals surface area contributed by atoms with Gasteiger partial charge in [0.15, 0.2) is 5.69 Å². The van der Waals surface area contributed by atoms with Crippen molar-refractivity contribution < 1.29 is 31.9 Å². The van der Waals surface area contributed by atoms with E-state index in [-0.39, 0.29) is 17.9 Å². The van der Waals surface area contributed by atoms with E-state index in [9.17, 15) is 22.8 Å². The highest BCUT2D eigenvalue weighted by Gasteiger charge is 2.41. The van der Waals surface area contributed by atoms with Crippen LogP contribution >= 0.6 is 0 Å². The lowest BCUT2D eigenvalue weighted by Gasteiger charge is -2.15. The number of carbonyl (C=O) groups excluding carboxylic acids is 2. The number of amides is 1. The van der Waals surface area contributed by atoms with Crippen molar-refractivity contribution in [3.05, 3.63) is 89.0 Å². The van der Waals surface area contributed by atoms with Crippen molar-refractivity contribution in [3.8, 4) is 16.9 Å². The predicted octanol–water partition coefficient (Wildman–Crippen LogP) is 6.31. The van der Waals surface area contributed by atoms with Crippen LogP contribution in [0.4, 0.5) is 18.9 Å². The molecule has 0 unspecified atom stereocenters. The number of halogens is 3. The van der Waals surface area contributed by atoms with Crippen molar-refractivity contribution in [3.63, 3.8) is 0 Å². The summed E-state index contributed by atoms with van der Waals surface area (Å²) in [7, 11) is 0. The first-order chi connectivity index (χ1) is 18.1. The van der Waals surface area contributed by atoms with Crippen LogP contribution in [0.5, 0.6) is 0 Å². The number of anilines is 1. The number of carbonyl (C=O) groups is 2. The first kappa shape index (κ1) is 25.3. The second kappa shape index (κ2) is 9.85. The second-order valence-corrected chi connectivity index (χ2v) is 9.41. The smallest absolute Gasteiger partial charge is 0.435 e. The molecule has 0 spiro atoms. The van der Waals surface area contributed by atoms with Crippen LogP contribution in [0.2, 0.25) is 0 Å². The second-order valence-electron chi connectivity index (χ2n) is 9.41. The fraction of sp³-hybridized carbons (Fsp3) is 0.250. The quantitative estimate of drug-likeness (QED) is 0.299. The summed E-state index contributed by atoms with van der Waals surface area (Å²) in [5.74, 6) is -0.0218. The number of furan rings is 1. The molecule has 10 heteroatoms. The van der Waals surface area contributed by atoms with E-state index < -0.39 is 23.7 Å². The van der Waals surface area contributed by atoms with Crippen molar-refractivity contribution in [2.75, 3.05) is 11.9 Å². The number of ether oxygens (including phenoxy) is 1. The van der Waals surface area contributed by atoms with Gasteiger partial charge >= 0.3 is 12.1 Å². The van der Waals surface area contributed by atoms with Gasteiger partial charge in [-0.3, -0.25) is 4.79 Å². The average Bonchev–Trinajstić information content (AvgIpc) is 3.52. The average molecular weight is 524 g/mol. The molecule has 2 aromatic heterocycles. The van der Waals surface area contributed by atoms with E-state index in [1.165, 1.54) is 23.1 Å². The first-order valence-corrected chi connectivity index (χ1v) is 12.1. The molecule has 0 bridgehead atoms. The highest BCUT2D eigenvalue weighted by molar-refractivity contribution is 6.04. The van der Waals surface area contributed by atoms with Gasteiger partial charge in [0.2, 0.25) is 0 Å². The normalized spacial score (nSPS) is 12.7. The molecule has 1 aliphatic rings. The molecule has 38 heavy (non-hydrogen) atoms. The Bertz CT molecular complexity index is 1480. The number of benzene rings is 2. The topological polar surface area (TPSA) is 86.4 Å². The maximum atomic E-state index is 13.7. The van der Waals surface area contributed by atoms with Crippen LogP contribution in [0.3, 0.4) is 0 Å². The number of nitrogens with one attached hydrogen (secondary N) is 1. The van der Waals surface area contributed by atoms with Gasteiger partial charge in [0.25, 0.3) is 5.91 Å². The molecular formula is C28H24F3N3O4. The van der Waals surface area contributed by atoms with Gasteiger partial charge in [0.1, 0.15) is 5.76 Å². The molecule has 5 rings (SSSR count). The molecule has 0 saturated carbocycles. The van der Waals surface area contributed by atoms with Gasteiger partial charge in [0.05, 0.1) is 29.8 Å². The molecule has 1 N–H and O–H groups in total. The zero-order valence-electron chi connectivity index (χ0n) is 20.6. The third-order valence-electron chi connectivity index (χ3n) is 6.15. The number of aromatic nitrogens is 2. The zero-order chi connectivity index (χ0) is 27.0. The van der Waals surface area contributed by atoms with Crippen LogP contribution in [0, 0.1) is 5.92 Å². The summed E-state index contributed by atoms with van der Waals surface area (Å²) in [5.41, 5.74) is 1.66. The lowest BCUT2D eigenvalue weighted by atomic mass is 9.94. The van der Waals surface area contributed by atoms with E-state index in [0.717, 1.165) is 0 Å². The Hall–Kier alpha value is -4.34. The Morgan fingerprint density at radius 2 is 1.71 bits per heavy atom. The number of nitrogens with zero attached hydrogens (tertiary/aromatic N) is 2. The Kier molecular flexibility index (Phi) is 6.56. The first-order valence-electron chi connectivity index (χ1n) is 12.1. The number of esters is 1. The summed E-state index contributed by atoms with van der Waals surface area (Å²) >= 11 is 0. The van der Waals surface area contributed by atoms with Crippen LogP contribution in [0.25, 0.3) is 16.9 Å². The third kappa shape index (κ3) is 4.93. The summed E-state index contributed by atoms with van der Waals surface area (Å²) in [5, 5.41) is 6.65. The lowest BCUT2D eigenvalue weighted by Crippen LogP contribution is -2.13. The largest absolute Gasteiger partial charge is 0.469 e.